The molecule has 1 aromatic carbocycles. The lowest BCUT2D eigenvalue weighted by Gasteiger charge is -2.37. The van der Waals surface area contributed by atoms with Gasteiger partial charge in [-0.2, -0.15) is 0 Å². The second-order valence-corrected chi connectivity index (χ2v) is 6.73. The lowest BCUT2D eigenvalue weighted by molar-refractivity contribution is -0.119. The number of hydrogen-bond acceptors (Lipinski definition) is 4. The van der Waals surface area contributed by atoms with Crippen molar-refractivity contribution in [3.8, 4) is 0 Å². The Hall–Kier alpha value is -2.15. The van der Waals surface area contributed by atoms with Crippen LogP contribution >= 0.6 is 12.2 Å². The van der Waals surface area contributed by atoms with E-state index in [1.54, 1.807) is 19.1 Å². The minimum Gasteiger partial charge on any atom is -0.462 e. The van der Waals surface area contributed by atoms with Gasteiger partial charge in [0.1, 0.15) is 0 Å². The Labute approximate surface area is 160 Å². The fourth-order valence-electron chi connectivity index (χ4n) is 3.08. The third-order valence-electron chi connectivity index (χ3n) is 4.39. The van der Waals surface area contributed by atoms with E-state index in [0.29, 0.717) is 29.9 Å². The van der Waals surface area contributed by atoms with Crippen molar-refractivity contribution in [1.82, 2.24) is 10.2 Å². The fraction of sp³-hybridized carbons (Fsp3) is 0.526. The van der Waals surface area contributed by atoms with Crippen LogP contribution in [0.1, 0.15) is 49.9 Å². The molecule has 1 saturated heterocycles. The van der Waals surface area contributed by atoms with Crippen molar-refractivity contribution >= 4 is 34.9 Å². The Morgan fingerprint density at radius 1 is 1.27 bits per heavy atom. The van der Waals surface area contributed by atoms with Gasteiger partial charge >= 0.3 is 5.97 Å². The van der Waals surface area contributed by atoms with Gasteiger partial charge in [-0.05, 0) is 69.1 Å². The number of nitrogens with zero attached hydrogens (tertiary/aromatic N) is 1. The summed E-state index contributed by atoms with van der Waals surface area (Å²) >= 11 is 5.60. The van der Waals surface area contributed by atoms with Gasteiger partial charge in [-0.15, -0.1) is 0 Å². The first-order valence-corrected chi connectivity index (χ1v) is 9.51. The predicted octanol–water partition coefficient (Wildman–Crippen LogP) is 2.94. The Balaban J connectivity index is 1.93. The van der Waals surface area contributed by atoms with Crippen molar-refractivity contribution in [2.24, 2.45) is 0 Å². The van der Waals surface area contributed by atoms with E-state index in [0.717, 1.165) is 31.5 Å². The van der Waals surface area contributed by atoms with Gasteiger partial charge in [0.2, 0.25) is 5.91 Å². The highest BCUT2D eigenvalue weighted by molar-refractivity contribution is 7.80. The highest BCUT2D eigenvalue weighted by Crippen LogP contribution is 2.21. The number of piperidine rings is 1. The third kappa shape index (κ3) is 5.98. The third-order valence-corrected chi connectivity index (χ3v) is 4.72. The van der Waals surface area contributed by atoms with E-state index in [4.69, 9.17) is 17.0 Å². The molecule has 0 spiro atoms. The SMILES string of the molecule is CCOC(=O)c1ccc(NC(=S)N2CCCCC2CCNC(C)=O)cc1. The molecule has 0 aromatic heterocycles. The molecule has 1 atom stereocenters. The van der Waals surface area contributed by atoms with E-state index in [1.807, 2.05) is 12.1 Å². The van der Waals surface area contributed by atoms with Gasteiger partial charge in [0, 0.05) is 31.7 Å². The van der Waals surface area contributed by atoms with Crippen LogP contribution in [0.15, 0.2) is 24.3 Å². The minimum atomic E-state index is -0.323. The quantitative estimate of drug-likeness (QED) is 0.587. The predicted molar refractivity (Wildman–Crippen MR) is 106 cm³/mol. The maximum atomic E-state index is 11.7. The molecule has 2 N–H and O–H groups in total. The number of likely N-dealkylation sites (tertiary alicyclic amines) is 1. The number of benzene rings is 1. The molecule has 0 saturated carbocycles. The molecular weight excluding hydrogens is 350 g/mol. The van der Waals surface area contributed by atoms with Crippen molar-refractivity contribution in [2.45, 2.75) is 45.6 Å². The van der Waals surface area contributed by atoms with E-state index in [1.165, 1.54) is 13.3 Å². The van der Waals surface area contributed by atoms with Crippen LogP contribution < -0.4 is 10.6 Å². The summed E-state index contributed by atoms with van der Waals surface area (Å²) in [6.45, 7) is 5.25. The number of carbonyl (C=O) groups is 2. The van der Waals surface area contributed by atoms with E-state index in [-0.39, 0.29) is 11.9 Å². The first-order chi connectivity index (χ1) is 12.5. The summed E-state index contributed by atoms with van der Waals surface area (Å²) in [5, 5.41) is 6.79. The summed E-state index contributed by atoms with van der Waals surface area (Å²) in [4.78, 5) is 25.0. The molecule has 26 heavy (non-hydrogen) atoms. The van der Waals surface area contributed by atoms with Gasteiger partial charge in [-0.1, -0.05) is 0 Å². The van der Waals surface area contributed by atoms with E-state index < -0.39 is 0 Å². The Bertz CT molecular complexity index is 633. The van der Waals surface area contributed by atoms with Gasteiger partial charge in [-0.3, -0.25) is 4.79 Å². The highest BCUT2D eigenvalue weighted by Gasteiger charge is 2.24. The number of carbonyl (C=O) groups excluding carboxylic acids is 2. The smallest absolute Gasteiger partial charge is 0.338 e. The molecule has 1 heterocycles. The van der Waals surface area contributed by atoms with Crippen LogP contribution in [0, 0.1) is 0 Å². The van der Waals surface area contributed by atoms with Crippen LogP contribution in [0.5, 0.6) is 0 Å². The van der Waals surface area contributed by atoms with Gasteiger partial charge in [0.15, 0.2) is 5.11 Å². The van der Waals surface area contributed by atoms with Gasteiger partial charge in [0.25, 0.3) is 0 Å². The van der Waals surface area contributed by atoms with Crippen molar-refractivity contribution in [3.05, 3.63) is 29.8 Å². The Morgan fingerprint density at radius 2 is 2.00 bits per heavy atom. The molecule has 0 bridgehead atoms. The summed E-state index contributed by atoms with van der Waals surface area (Å²) < 4.78 is 4.99. The number of rotatable bonds is 6. The fourth-order valence-corrected chi connectivity index (χ4v) is 3.44. The van der Waals surface area contributed by atoms with Crippen LogP contribution in [0.4, 0.5) is 5.69 Å². The maximum Gasteiger partial charge on any atom is 0.338 e. The number of amides is 1. The molecule has 6 nitrogen and oxygen atoms in total. The molecule has 1 aliphatic rings. The van der Waals surface area contributed by atoms with Gasteiger partial charge in [0.05, 0.1) is 12.2 Å². The number of anilines is 1. The summed E-state index contributed by atoms with van der Waals surface area (Å²) in [6, 6.07) is 7.44. The first-order valence-electron chi connectivity index (χ1n) is 9.10. The second kappa shape index (κ2) is 10.1. The lowest BCUT2D eigenvalue weighted by atomic mass is 10.00. The average Bonchev–Trinajstić information content (AvgIpc) is 2.62. The molecular formula is C19H27N3O3S. The summed E-state index contributed by atoms with van der Waals surface area (Å²) in [6.07, 6.45) is 4.24. The van der Waals surface area contributed by atoms with Crippen LogP contribution in [0.25, 0.3) is 0 Å². The Kier molecular flexibility index (Phi) is 7.84. The zero-order valence-corrected chi connectivity index (χ0v) is 16.2. The number of ether oxygens (including phenoxy) is 1. The molecule has 1 amide bonds. The standard InChI is InChI=1S/C19H27N3O3S/c1-3-25-18(24)15-7-9-16(10-8-15)21-19(26)22-13-5-4-6-17(22)11-12-20-14(2)23/h7-10,17H,3-6,11-13H2,1-2H3,(H,20,23)(H,21,26). The van der Waals surface area contributed by atoms with E-state index in [9.17, 15) is 9.59 Å². The molecule has 1 aliphatic heterocycles. The number of hydrogen-bond donors (Lipinski definition) is 2. The molecule has 142 valence electrons. The van der Waals surface area contributed by atoms with Crippen LogP contribution in [-0.4, -0.2) is 47.6 Å². The Morgan fingerprint density at radius 3 is 2.65 bits per heavy atom. The van der Waals surface area contributed by atoms with E-state index in [2.05, 4.69) is 15.5 Å². The molecule has 0 radical (unpaired) electrons. The van der Waals surface area contributed by atoms with Crippen LogP contribution in [0.3, 0.4) is 0 Å². The number of nitrogens with one attached hydrogen (secondary N) is 2. The van der Waals surface area contributed by atoms with Crippen molar-refractivity contribution in [2.75, 3.05) is 25.0 Å². The maximum absolute atomic E-state index is 11.7. The normalized spacial score (nSPS) is 16.7. The molecule has 1 fully saturated rings. The summed E-state index contributed by atoms with van der Waals surface area (Å²) in [7, 11) is 0. The zero-order chi connectivity index (χ0) is 18.9. The topological polar surface area (TPSA) is 70.7 Å². The molecule has 7 heteroatoms. The molecule has 2 rings (SSSR count). The highest BCUT2D eigenvalue weighted by atomic mass is 32.1. The van der Waals surface area contributed by atoms with Crippen molar-refractivity contribution in [1.29, 1.82) is 0 Å². The van der Waals surface area contributed by atoms with Crippen LogP contribution in [0.2, 0.25) is 0 Å². The van der Waals surface area contributed by atoms with Crippen LogP contribution in [-0.2, 0) is 9.53 Å². The second-order valence-electron chi connectivity index (χ2n) is 6.34. The van der Waals surface area contributed by atoms with Crippen molar-refractivity contribution < 1.29 is 14.3 Å². The van der Waals surface area contributed by atoms with Gasteiger partial charge in [-0.25, -0.2) is 4.79 Å². The zero-order valence-electron chi connectivity index (χ0n) is 15.4. The number of esters is 1. The number of thiocarbonyl (C=S) groups is 1. The van der Waals surface area contributed by atoms with Gasteiger partial charge < -0.3 is 20.3 Å². The largest absolute Gasteiger partial charge is 0.462 e. The van der Waals surface area contributed by atoms with Crippen molar-refractivity contribution in [3.63, 3.8) is 0 Å². The average molecular weight is 378 g/mol. The lowest BCUT2D eigenvalue weighted by Crippen LogP contribution is -2.47. The molecule has 1 unspecified atom stereocenters. The van der Waals surface area contributed by atoms with E-state index >= 15 is 0 Å². The summed E-state index contributed by atoms with van der Waals surface area (Å²) in [5.41, 5.74) is 1.36. The minimum absolute atomic E-state index is 0.00486. The molecule has 0 aliphatic carbocycles. The first kappa shape index (κ1) is 20.2. The monoisotopic (exact) mass is 377 g/mol. The summed E-state index contributed by atoms with van der Waals surface area (Å²) in [5.74, 6) is -0.328. The molecule has 1 aromatic rings.